The number of nitrogens with one attached hydrogen (secondary N) is 1. The van der Waals surface area contributed by atoms with Gasteiger partial charge in [-0.2, -0.15) is 13.2 Å². The third kappa shape index (κ3) is 5.49. The molecule has 0 aromatic heterocycles. The number of carboxylic acids is 1. The van der Waals surface area contributed by atoms with Crippen LogP contribution in [0.25, 0.3) is 11.1 Å². The summed E-state index contributed by atoms with van der Waals surface area (Å²) in [5.74, 6) is -2.37. The van der Waals surface area contributed by atoms with E-state index in [4.69, 9.17) is 9.84 Å². The summed E-state index contributed by atoms with van der Waals surface area (Å²) >= 11 is 0. The van der Waals surface area contributed by atoms with Crippen LogP contribution in [0.5, 0.6) is 0 Å². The van der Waals surface area contributed by atoms with Crippen molar-refractivity contribution in [2.45, 2.75) is 43.9 Å². The zero-order chi connectivity index (χ0) is 25.0. The fourth-order valence-electron chi connectivity index (χ4n) is 3.93. The number of alkyl halides is 3. The molecule has 0 aliphatic heterocycles. The van der Waals surface area contributed by atoms with Crippen LogP contribution < -0.4 is 5.32 Å². The molecule has 2 N–H and O–H groups in total. The van der Waals surface area contributed by atoms with Gasteiger partial charge in [0.2, 0.25) is 5.91 Å². The van der Waals surface area contributed by atoms with Crippen molar-refractivity contribution in [3.8, 4) is 11.1 Å². The van der Waals surface area contributed by atoms with Crippen LogP contribution >= 0.6 is 0 Å². The van der Waals surface area contributed by atoms with Crippen molar-refractivity contribution in [1.29, 1.82) is 0 Å². The summed E-state index contributed by atoms with van der Waals surface area (Å²) in [6.07, 6.45) is -7.41. The third-order valence-electron chi connectivity index (χ3n) is 6.01. The Hall–Kier alpha value is -3.56. The molecule has 1 aliphatic carbocycles. The Labute approximate surface area is 194 Å². The molecule has 0 heterocycles. The number of amides is 2. The average molecular weight is 478 g/mol. The van der Waals surface area contributed by atoms with Gasteiger partial charge in [0.05, 0.1) is 0 Å². The van der Waals surface area contributed by atoms with Crippen LogP contribution in [0.2, 0.25) is 0 Å². The molecule has 34 heavy (non-hydrogen) atoms. The van der Waals surface area contributed by atoms with E-state index in [1.54, 1.807) is 5.32 Å². The van der Waals surface area contributed by atoms with Crippen LogP contribution in [0.3, 0.4) is 0 Å². The molecule has 0 fully saturated rings. The Morgan fingerprint density at radius 1 is 1.06 bits per heavy atom. The second kappa shape index (κ2) is 10.1. The highest BCUT2D eigenvalue weighted by molar-refractivity contribution is 5.83. The first-order chi connectivity index (χ1) is 16.0. The molecular weight excluding hydrogens is 453 g/mol. The Morgan fingerprint density at radius 2 is 1.59 bits per heavy atom. The zero-order valence-electron chi connectivity index (χ0n) is 18.6. The fourth-order valence-corrected chi connectivity index (χ4v) is 3.93. The van der Waals surface area contributed by atoms with Gasteiger partial charge in [-0.05, 0) is 35.6 Å². The van der Waals surface area contributed by atoms with E-state index in [0.717, 1.165) is 27.2 Å². The maximum Gasteiger partial charge on any atom is 0.408 e. The number of benzene rings is 2. The number of carboxylic acid groups (broad SMARTS) is 1. The maximum absolute atomic E-state index is 13.5. The smallest absolute Gasteiger partial charge is 0.408 e. The Kier molecular flexibility index (Phi) is 7.48. The van der Waals surface area contributed by atoms with Crippen molar-refractivity contribution in [3.05, 3.63) is 59.7 Å². The molecule has 7 nitrogen and oxygen atoms in total. The predicted octanol–water partition coefficient (Wildman–Crippen LogP) is 4.17. The predicted molar refractivity (Wildman–Crippen MR) is 117 cm³/mol. The lowest BCUT2D eigenvalue weighted by molar-refractivity contribution is -0.158. The molecule has 0 radical (unpaired) electrons. The molecule has 182 valence electrons. The van der Waals surface area contributed by atoms with Gasteiger partial charge < -0.3 is 20.1 Å². The van der Waals surface area contributed by atoms with Crippen molar-refractivity contribution >= 4 is 18.0 Å². The topological polar surface area (TPSA) is 95.9 Å². The van der Waals surface area contributed by atoms with Crippen LogP contribution in [0.15, 0.2) is 48.5 Å². The number of nitrogens with zero attached hydrogens (tertiary/aromatic N) is 1. The molecule has 3 rings (SSSR count). The van der Waals surface area contributed by atoms with Gasteiger partial charge >= 0.3 is 18.2 Å². The molecule has 0 saturated carbocycles. The van der Waals surface area contributed by atoms with Crippen LogP contribution in [0.4, 0.5) is 18.0 Å². The van der Waals surface area contributed by atoms with E-state index in [-0.39, 0.29) is 12.5 Å². The second-order valence-electron chi connectivity index (χ2n) is 8.12. The molecule has 2 amide bonds. The van der Waals surface area contributed by atoms with Crippen LogP contribution in [0, 0.1) is 0 Å². The first kappa shape index (κ1) is 25.1. The van der Waals surface area contributed by atoms with Gasteiger partial charge in [0.15, 0.2) is 0 Å². The van der Waals surface area contributed by atoms with Crippen LogP contribution in [-0.4, -0.2) is 59.9 Å². The molecule has 2 atom stereocenters. The van der Waals surface area contributed by atoms with Gasteiger partial charge in [0, 0.05) is 19.4 Å². The van der Waals surface area contributed by atoms with Crippen LogP contribution in [-0.2, 0) is 14.3 Å². The SMILES string of the molecule is CC(C(=O)O)N(C)C(=O)CC[C@H](NC(=O)OCC1c2ccccc2-c2ccccc21)C(F)(F)F. The number of carbonyl (C=O) groups excluding carboxylic acids is 2. The van der Waals surface area contributed by atoms with Crippen molar-refractivity contribution in [3.63, 3.8) is 0 Å². The summed E-state index contributed by atoms with van der Waals surface area (Å²) in [4.78, 5) is 36.2. The van der Waals surface area contributed by atoms with E-state index in [1.807, 2.05) is 48.5 Å². The minimum atomic E-state index is -4.82. The summed E-state index contributed by atoms with van der Waals surface area (Å²) in [6.45, 7) is 1.10. The van der Waals surface area contributed by atoms with E-state index in [9.17, 15) is 27.6 Å². The molecular formula is C24H25F3N2O5. The quantitative estimate of drug-likeness (QED) is 0.594. The normalized spacial score (nSPS) is 14.5. The molecule has 2 aromatic carbocycles. The molecule has 1 unspecified atom stereocenters. The summed E-state index contributed by atoms with van der Waals surface area (Å²) in [6, 6.07) is 11.6. The average Bonchev–Trinajstić information content (AvgIpc) is 3.12. The number of alkyl carbamates (subject to hydrolysis) is 1. The number of aliphatic carboxylic acids is 1. The van der Waals surface area contributed by atoms with Gasteiger partial charge in [-0.15, -0.1) is 0 Å². The number of likely N-dealkylation sites (N-methyl/N-ethyl adjacent to an activating group) is 1. The van der Waals surface area contributed by atoms with E-state index in [2.05, 4.69) is 0 Å². The largest absolute Gasteiger partial charge is 0.480 e. The van der Waals surface area contributed by atoms with E-state index < -0.39 is 49.1 Å². The lowest BCUT2D eigenvalue weighted by Gasteiger charge is -2.25. The number of hydrogen-bond acceptors (Lipinski definition) is 4. The Balaban J connectivity index is 1.62. The molecule has 0 spiro atoms. The van der Waals surface area contributed by atoms with Gasteiger partial charge in [-0.1, -0.05) is 48.5 Å². The van der Waals surface area contributed by atoms with Gasteiger partial charge in [-0.25, -0.2) is 9.59 Å². The number of carbonyl (C=O) groups is 3. The standard InChI is InChI=1S/C24H25F3N2O5/c1-14(22(31)32)29(2)21(30)12-11-20(24(25,26)27)28-23(33)34-13-19-17-9-5-3-7-15(17)16-8-4-6-10-18(16)19/h3-10,14,19-20H,11-13H2,1-2H3,(H,28,33)(H,31,32)/t14?,20-/m0/s1. The number of hydrogen-bond donors (Lipinski definition) is 2. The highest BCUT2D eigenvalue weighted by Gasteiger charge is 2.41. The summed E-state index contributed by atoms with van der Waals surface area (Å²) in [7, 11) is 1.20. The fraction of sp³-hybridized carbons (Fsp3) is 0.375. The van der Waals surface area contributed by atoms with Crippen LogP contribution in [0.1, 0.15) is 36.8 Å². The van der Waals surface area contributed by atoms with Crippen molar-refractivity contribution < 1.29 is 37.4 Å². The highest BCUT2D eigenvalue weighted by atomic mass is 19.4. The third-order valence-corrected chi connectivity index (χ3v) is 6.01. The summed E-state index contributed by atoms with van der Waals surface area (Å²) in [5.41, 5.74) is 3.81. The molecule has 2 aromatic rings. The van der Waals surface area contributed by atoms with Crippen molar-refractivity contribution in [2.75, 3.05) is 13.7 Å². The minimum Gasteiger partial charge on any atom is -0.480 e. The lowest BCUT2D eigenvalue weighted by Crippen LogP contribution is -2.47. The molecule has 0 saturated heterocycles. The van der Waals surface area contributed by atoms with Gasteiger partial charge in [0.25, 0.3) is 0 Å². The Bertz CT molecular complexity index is 1030. The van der Waals surface area contributed by atoms with Crippen molar-refractivity contribution in [2.24, 2.45) is 0 Å². The number of halogens is 3. The summed E-state index contributed by atoms with van der Waals surface area (Å²) < 4.78 is 45.6. The molecule has 1 aliphatic rings. The zero-order valence-corrected chi connectivity index (χ0v) is 18.6. The highest BCUT2D eigenvalue weighted by Crippen LogP contribution is 2.44. The van der Waals surface area contributed by atoms with E-state index in [0.29, 0.717) is 0 Å². The summed E-state index contributed by atoms with van der Waals surface area (Å²) in [5, 5.41) is 10.8. The van der Waals surface area contributed by atoms with Gasteiger partial charge in [0.1, 0.15) is 18.7 Å². The molecule has 10 heteroatoms. The van der Waals surface area contributed by atoms with E-state index in [1.165, 1.54) is 14.0 Å². The first-order valence-corrected chi connectivity index (χ1v) is 10.7. The first-order valence-electron chi connectivity index (χ1n) is 10.7. The monoisotopic (exact) mass is 478 g/mol. The Morgan fingerprint density at radius 3 is 2.09 bits per heavy atom. The maximum atomic E-state index is 13.5. The van der Waals surface area contributed by atoms with E-state index >= 15 is 0 Å². The molecule has 0 bridgehead atoms. The lowest BCUT2D eigenvalue weighted by atomic mass is 9.98. The van der Waals surface area contributed by atoms with Crippen molar-refractivity contribution in [1.82, 2.24) is 10.2 Å². The minimum absolute atomic E-state index is 0.151. The number of ether oxygens (including phenoxy) is 1. The number of fused-ring (bicyclic) bond motifs is 3. The van der Waals surface area contributed by atoms with Gasteiger partial charge in [-0.3, -0.25) is 4.79 Å². The number of rotatable bonds is 8. The second-order valence-corrected chi connectivity index (χ2v) is 8.12.